The number of nitrogens with zero attached hydrogens (tertiary/aromatic N) is 3. The van der Waals surface area contributed by atoms with Crippen molar-refractivity contribution >= 4 is 5.91 Å². The van der Waals surface area contributed by atoms with Gasteiger partial charge in [0.2, 0.25) is 5.91 Å². The Labute approximate surface area is 175 Å². The van der Waals surface area contributed by atoms with Gasteiger partial charge in [-0.15, -0.1) is 0 Å². The van der Waals surface area contributed by atoms with Crippen LogP contribution in [0.15, 0.2) is 48.5 Å². The van der Waals surface area contributed by atoms with Crippen molar-refractivity contribution in [1.29, 1.82) is 5.26 Å². The van der Waals surface area contributed by atoms with Crippen LogP contribution in [0.25, 0.3) is 11.1 Å². The van der Waals surface area contributed by atoms with Crippen LogP contribution in [0.2, 0.25) is 0 Å². The fraction of sp³-hybridized carbons (Fsp3) is 0.391. The van der Waals surface area contributed by atoms with Gasteiger partial charge in [-0.1, -0.05) is 36.4 Å². The van der Waals surface area contributed by atoms with E-state index < -0.39 is 12.1 Å². The number of aliphatic hydroxyl groups excluding tert-OH is 1. The molecule has 2 aromatic rings. The highest BCUT2D eigenvalue weighted by Gasteiger charge is 2.52. The SMILES string of the molecule is N#C[C@@H]1[C@@H](c2ccccc2-c2cccc(F)c2)[C@@H](CO)N1C(=O)CN1CCOCC1. The third kappa shape index (κ3) is 3.82. The van der Waals surface area contributed by atoms with Crippen LogP contribution in [0.1, 0.15) is 11.5 Å². The molecule has 0 bridgehead atoms. The van der Waals surface area contributed by atoms with Gasteiger partial charge in [0.15, 0.2) is 0 Å². The fourth-order valence-corrected chi connectivity index (χ4v) is 4.46. The van der Waals surface area contributed by atoms with Gasteiger partial charge in [-0.3, -0.25) is 9.69 Å². The summed E-state index contributed by atoms with van der Waals surface area (Å²) >= 11 is 0. The predicted molar refractivity (Wildman–Crippen MR) is 109 cm³/mol. The van der Waals surface area contributed by atoms with E-state index in [-0.39, 0.29) is 30.8 Å². The van der Waals surface area contributed by atoms with E-state index in [2.05, 4.69) is 6.07 Å². The lowest BCUT2D eigenvalue weighted by molar-refractivity contribution is -0.149. The number of hydrogen-bond acceptors (Lipinski definition) is 5. The summed E-state index contributed by atoms with van der Waals surface area (Å²) in [4.78, 5) is 16.4. The third-order valence-electron chi connectivity index (χ3n) is 5.94. The zero-order chi connectivity index (χ0) is 21.1. The lowest BCUT2D eigenvalue weighted by atomic mass is 9.73. The molecule has 2 aliphatic rings. The number of likely N-dealkylation sites (tertiary alicyclic amines) is 1. The van der Waals surface area contributed by atoms with E-state index in [1.807, 2.05) is 35.2 Å². The second kappa shape index (κ2) is 8.92. The molecule has 30 heavy (non-hydrogen) atoms. The average molecular weight is 409 g/mol. The van der Waals surface area contributed by atoms with Gasteiger partial charge in [0.1, 0.15) is 11.9 Å². The van der Waals surface area contributed by atoms with Crippen molar-refractivity contribution in [2.45, 2.75) is 18.0 Å². The molecule has 6 nitrogen and oxygen atoms in total. The van der Waals surface area contributed by atoms with E-state index in [1.54, 1.807) is 6.07 Å². The van der Waals surface area contributed by atoms with Crippen LogP contribution < -0.4 is 0 Å². The average Bonchev–Trinajstić information content (AvgIpc) is 2.75. The smallest absolute Gasteiger partial charge is 0.238 e. The first-order valence-corrected chi connectivity index (χ1v) is 10.1. The van der Waals surface area contributed by atoms with Crippen LogP contribution in [0.3, 0.4) is 0 Å². The molecular weight excluding hydrogens is 385 g/mol. The van der Waals surface area contributed by atoms with Crippen LogP contribution in [0, 0.1) is 17.1 Å². The first-order chi connectivity index (χ1) is 14.6. The number of rotatable bonds is 5. The molecule has 0 aromatic heterocycles. The van der Waals surface area contributed by atoms with Gasteiger partial charge >= 0.3 is 0 Å². The number of carbonyl (C=O) groups is 1. The molecule has 0 aliphatic carbocycles. The zero-order valence-corrected chi connectivity index (χ0v) is 16.6. The number of morpholine rings is 1. The molecule has 2 aliphatic heterocycles. The largest absolute Gasteiger partial charge is 0.394 e. The van der Waals surface area contributed by atoms with Crippen molar-refractivity contribution < 1.29 is 19.0 Å². The molecule has 2 fully saturated rings. The normalized spacial score (nSPS) is 24.2. The lowest BCUT2D eigenvalue weighted by Gasteiger charge is -2.52. The van der Waals surface area contributed by atoms with Crippen molar-refractivity contribution in [1.82, 2.24) is 9.80 Å². The van der Waals surface area contributed by atoms with Crippen LogP contribution >= 0.6 is 0 Å². The summed E-state index contributed by atoms with van der Waals surface area (Å²) in [5.74, 6) is -0.844. The van der Waals surface area contributed by atoms with Gasteiger partial charge in [0, 0.05) is 19.0 Å². The van der Waals surface area contributed by atoms with E-state index in [0.717, 1.165) is 11.1 Å². The molecule has 1 amide bonds. The van der Waals surface area contributed by atoms with Crippen molar-refractivity contribution in [2.24, 2.45) is 0 Å². The second-order valence-corrected chi connectivity index (χ2v) is 7.64. The topological polar surface area (TPSA) is 76.8 Å². The molecule has 7 heteroatoms. The minimum Gasteiger partial charge on any atom is -0.394 e. The van der Waals surface area contributed by atoms with Gasteiger partial charge in [0.25, 0.3) is 0 Å². The molecule has 0 unspecified atom stereocenters. The number of hydrogen-bond donors (Lipinski definition) is 1. The summed E-state index contributed by atoms with van der Waals surface area (Å²) in [5, 5.41) is 19.9. The van der Waals surface area contributed by atoms with Gasteiger partial charge in [0.05, 0.1) is 38.5 Å². The number of halogens is 1. The fourth-order valence-electron chi connectivity index (χ4n) is 4.46. The Morgan fingerprint density at radius 1 is 1.20 bits per heavy atom. The van der Waals surface area contributed by atoms with Gasteiger partial charge in [-0.25, -0.2) is 4.39 Å². The third-order valence-corrected chi connectivity index (χ3v) is 5.94. The maximum Gasteiger partial charge on any atom is 0.238 e. The van der Waals surface area contributed by atoms with E-state index in [0.29, 0.717) is 31.9 Å². The van der Waals surface area contributed by atoms with E-state index in [9.17, 15) is 19.6 Å². The summed E-state index contributed by atoms with van der Waals surface area (Å²) in [6, 6.07) is 14.9. The molecule has 2 aromatic carbocycles. The summed E-state index contributed by atoms with van der Waals surface area (Å²) in [6.45, 7) is 2.48. The highest BCUT2D eigenvalue weighted by Crippen LogP contribution is 2.44. The molecule has 156 valence electrons. The van der Waals surface area contributed by atoms with E-state index >= 15 is 0 Å². The minimum absolute atomic E-state index is 0.165. The quantitative estimate of drug-likeness (QED) is 0.818. The predicted octanol–water partition coefficient (Wildman–Crippen LogP) is 2.00. The minimum atomic E-state index is -0.676. The molecule has 1 N–H and O–H groups in total. The Bertz CT molecular complexity index is 955. The molecule has 4 rings (SSSR count). The zero-order valence-electron chi connectivity index (χ0n) is 16.6. The summed E-state index contributed by atoms with van der Waals surface area (Å²) in [6.07, 6.45) is 0. The first kappa shape index (κ1) is 20.5. The van der Waals surface area contributed by atoms with Gasteiger partial charge in [-0.2, -0.15) is 5.26 Å². The summed E-state index contributed by atoms with van der Waals surface area (Å²) in [7, 11) is 0. The van der Waals surface area contributed by atoms with Crippen molar-refractivity contribution in [3.05, 3.63) is 59.9 Å². The number of benzene rings is 2. The van der Waals surface area contributed by atoms with Crippen LogP contribution in [0.5, 0.6) is 0 Å². The summed E-state index contributed by atoms with van der Waals surface area (Å²) in [5.41, 5.74) is 2.35. The Hall–Kier alpha value is -2.79. The lowest BCUT2D eigenvalue weighted by Crippen LogP contribution is -2.66. The number of nitriles is 1. The molecule has 0 saturated carbocycles. The van der Waals surface area contributed by atoms with Gasteiger partial charge < -0.3 is 14.7 Å². The van der Waals surface area contributed by atoms with Crippen LogP contribution in [-0.2, 0) is 9.53 Å². The maximum atomic E-state index is 13.8. The van der Waals surface area contributed by atoms with E-state index in [4.69, 9.17) is 4.74 Å². The Kier molecular flexibility index (Phi) is 6.09. The number of aliphatic hydroxyl groups is 1. The highest BCUT2D eigenvalue weighted by atomic mass is 19.1. The first-order valence-electron chi connectivity index (χ1n) is 10.1. The number of ether oxygens (including phenoxy) is 1. The second-order valence-electron chi connectivity index (χ2n) is 7.64. The van der Waals surface area contributed by atoms with Crippen LogP contribution in [0.4, 0.5) is 4.39 Å². The molecule has 2 saturated heterocycles. The van der Waals surface area contributed by atoms with Gasteiger partial charge in [-0.05, 0) is 28.8 Å². The van der Waals surface area contributed by atoms with Crippen molar-refractivity contribution in [3.63, 3.8) is 0 Å². The highest BCUT2D eigenvalue weighted by molar-refractivity contribution is 5.82. The molecule has 2 heterocycles. The molecular formula is C23H24FN3O3. The number of carbonyl (C=O) groups excluding carboxylic acids is 1. The Balaban J connectivity index is 1.61. The number of amides is 1. The van der Waals surface area contributed by atoms with Crippen molar-refractivity contribution in [2.75, 3.05) is 39.5 Å². The van der Waals surface area contributed by atoms with Crippen molar-refractivity contribution in [3.8, 4) is 17.2 Å². The summed E-state index contributed by atoms with van der Waals surface area (Å²) < 4.78 is 19.1. The Morgan fingerprint density at radius 3 is 2.67 bits per heavy atom. The molecule has 3 atom stereocenters. The van der Waals surface area contributed by atoms with E-state index in [1.165, 1.54) is 17.0 Å². The maximum absolute atomic E-state index is 13.8. The Morgan fingerprint density at radius 2 is 1.97 bits per heavy atom. The standard InChI is InChI=1S/C23H24FN3O3/c24-17-5-3-4-16(12-17)18-6-1-2-7-19(18)23-20(13-25)27(21(23)15-28)22(29)14-26-8-10-30-11-9-26/h1-7,12,20-21,23,28H,8-11,14-15H2/t20-,21-,23-/m1/s1. The molecule has 0 spiro atoms. The monoisotopic (exact) mass is 409 g/mol. The van der Waals surface area contributed by atoms with Crippen LogP contribution in [-0.4, -0.2) is 72.4 Å². The molecule has 0 radical (unpaired) electrons.